The van der Waals surface area contributed by atoms with E-state index in [1.54, 1.807) is 13.8 Å². The summed E-state index contributed by atoms with van der Waals surface area (Å²) < 4.78 is 9.85. The molecule has 1 amide bonds. The highest BCUT2D eigenvalue weighted by Crippen LogP contribution is 2.25. The normalized spacial score (nSPS) is 11.7. The number of non-ortho nitro benzene ring substituents is 1. The SMILES string of the molecule is COC(=O)[C@H](Cc1cc([N+](=O)[O-])ccc1OC)NC(=O)C(C)C. The molecule has 1 rings (SSSR count). The summed E-state index contributed by atoms with van der Waals surface area (Å²) in [5.74, 6) is -0.866. The van der Waals surface area contributed by atoms with Gasteiger partial charge in [-0.3, -0.25) is 14.9 Å². The Morgan fingerprint density at radius 3 is 2.43 bits per heavy atom. The van der Waals surface area contributed by atoms with Gasteiger partial charge in [-0.15, -0.1) is 0 Å². The summed E-state index contributed by atoms with van der Waals surface area (Å²) in [5, 5.41) is 13.5. The van der Waals surface area contributed by atoms with Crippen molar-refractivity contribution in [2.24, 2.45) is 5.92 Å². The summed E-state index contributed by atoms with van der Waals surface area (Å²) in [7, 11) is 2.63. The van der Waals surface area contributed by atoms with Crippen molar-refractivity contribution in [2.45, 2.75) is 26.3 Å². The molecular formula is C15H20N2O6. The van der Waals surface area contributed by atoms with E-state index in [9.17, 15) is 19.7 Å². The van der Waals surface area contributed by atoms with Crippen molar-refractivity contribution in [2.75, 3.05) is 14.2 Å². The number of amides is 1. The van der Waals surface area contributed by atoms with Crippen molar-refractivity contribution in [3.05, 3.63) is 33.9 Å². The number of benzene rings is 1. The monoisotopic (exact) mass is 324 g/mol. The number of hydrogen-bond acceptors (Lipinski definition) is 6. The van der Waals surface area contributed by atoms with Crippen molar-refractivity contribution >= 4 is 17.6 Å². The van der Waals surface area contributed by atoms with Crippen LogP contribution < -0.4 is 10.1 Å². The molecule has 1 aromatic rings. The lowest BCUT2D eigenvalue weighted by molar-refractivity contribution is -0.384. The van der Waals surface area contributed by atoms with E-state index in [0.29, 0.717) is 11.3 Å². The van der Waals surface area contributed by atoms with Gasteiger partial charge in [0.15, 0.2) is 0 Å². The van der Waals surface area contributed by atoms with Gasteiger partial charge in [-0.2, -0.15) is 0 Å². The fourth-order valence-corrected chi connectivity index (χ4v) is 1.93. The number of carbonyl (C=O) groups is 2. The summed E-state index contributed by atoms with van der Waals surface area (Å²) in [4.78, 5) is 34.1. The molecule has 1 N–H and O–H groups in total. The van der Waals surface area contributed by atoms with E-state index in [0.717, 1.165) is 0 Å². The van der Waals surface area contributed by atoms with Gasteiger partial charge in [-0.1, -0.05) is 13.8 Å². The van der Waals surface area contributed by atoms with Gasteiger partial charge in [0.1, 0.15) is 11.8 Å². The molecular weight excluding hydrogens is 304 g/mol. The number of hydrogen-bond donors (Lipinski definition) is 1. The zero-order chi connectivity index (χ0) is 17.6. The minimum absolute atomic E-state index is 0.0238. The predicted molar refractivity (Wildman–Crippen MR) is 82.1 cm³/mol. The summed E-state index contributed by atoms with van der Waals surface area (Å²) >= 11 is 0. The zero-order valence-electron chi connectivity index (χ0n) is 13.5. The number of ether oxygens (including phenoxy) is 2. The molecule has 0 bridgehead atoms. The van der Waals surface area contributed by atoms with E-state index >= 15 is 0 Å². The molecule has 0 fully saturated rings. The maximum atomic E-state index is 11.9. The second-order valence-electron chi connectivity index (χ2n) is 5.20. The molecule has 0 aliphatic carbocycles. The van der Waals surface area contributed by atoms with Crippen LogP contribution in [0.25, 0.3) is 0 Å². The fraction of sp³-hybridized carbons (Fsp3) is 0.467. The standard InChI is InChI=1S/C15H20N2O6/c1-9(2)14(18)16-12(15(19)23-4)8-10-7-11(17(20)21)5-6-13(10)22-3/h5-7,9,12H,8H2,1-4H3,(H,16,18)/t12-/m0/s1. The van der Waals surface area contributed by atoms with E-state index in [1.165, 1.54) is 32.4 Å². The quantitative estimate of drug-likeness (QED) is 0.462. The molecule has 8 heteroatoms. The van der Waals surface area contributed by atoms with E-state index in [4.69, 9.17) is 4.74 Å². The van der Waals surface area contributed by atoms with Crippen molar-refractivity contribution in [1.29, 1.82) is 0 Å². The molecule has 0 heterocycles. The molecule has 0 aliphatic rings. The van der Waals surface area contributed by atoms with Crippen molar-refractivity contribution in [1.82, 2.24) is 5.32 Å². The Morgan fingerprint density at radius 2 is 1.96 bits per heavy atom. The van der Waals surface area contributed by atoms with Crippen LogP contribution in [0.15, 0.2) is 18.2 Å². The number of rotatable bonds is 7. The fourth-order valence-electron chi connectivity index (χ4n) is 1.93. The van der Waals surface area contributed by atoms with Gasteiger partial charge < -0.3 is 14.8 Å². The lowest BCUT2D eigenvalue weighted by Gasteiger charge is -2.19. The summed E-state index contributed by atoms with van der Waals surface area (Å²) in [6.07, 6.45) is 0.0238. The first-order valence-electron chi connectivity index (χ1n) is 6.99. The molecule has 1 aromatic carbocycles. The Bertz CT molecular complexity index is 600. The van der Waals surface area contributed by atoms with Crippen LogP contribution in [0.3, 0.4) is 0 Å². The average Bonchev–Trinajstić information content (AvgIpc) is 2.52. The van der Waals surface area contributed by atoms with E-state index < -0.39 is 16.9 Å². The van der Waals surface area contributed by atoms with E-state index in [-0.39, 0.29) is 23.9 Å². The lowest BCUT2D eigenvalue weighted by atomic mass is 10.0. The number of methoxy groups -OCH3 is 2. The molecule has 0 aromatic heterocycles. The first-order valence-corrected chi connectivity index (χ1v) is 6.99. The first kappa shape index (κ1) is 18.4. The topological polar surface area (TPSA) is 108 Å². The Labute approximate surface area is 133 Å². The van der Waals surface area contributed by atoms with E-state index in [1.807, 2.05) is 0 Å². The molecule has 0 unspecified atom stereocenters. The zero-order valence-corrected chi connectivity index (χ0v) is 13.5. The lowest BCUT2D eigenvalue weighted by Crippen LogP contribution is -2.44. The van der Waals surface area contributed by atoms with Crippen LogP contribution in [0, 0.1) is 16.0 Å². The van der Waals surface area contributed by atoms with Gasteiger partial charge >= 0.3 is 5.97 Å². The second-order valence-corrected chi connectivity index (χ2v) is 5.20. The highest BCUT2D eigenvalue weighted by Gasteiger charge is 2.25. The highest BCUT2D eigenvalue weighted by molar-refractivity contribution is 5.85. The molecule has 126 valence electrons. The molecule has 0 aliphatic heterocycles. The third kappa shape index (κ3) is 4.94. The molecule has 23 heavy (non-hydrogen) atoms. The highest BCUT2D eigenvalue weighted by atomic mass is 16.6. The van der Waals surface area contributed by atoms with Gasteiger partial charge in [0.05, 0.1) is 19.1 Å². The molecule has 1 atom stereocenters. The summed E-state index contributed by atoms with van der Waals surface area (Å²) in [6, 6.07) is 3.12. The van der Waals surface area contributed by atoms with Gasteiger partial charge in [0.2, 0.25) is 5.91 Å². The number of nitro groups is 1. The van der Waals surface area contributed by atoms with Gasteiger partial charge in [-0.25, -0.2) is 4.79 Å². The van der Waals surface area contributed by atoms with Gasteiger partial charge in [0, 0.05) is 30.0 Å². The minimum Gasteiger partial charge on any atom is -0.496 e. The summed E-state index contributed by atoms with van der Waals surface area (Å²) in [5.41, 5.74) is 0.306. The predicted octanol–water partition coefficient (Wildman–Crippen LogP) is 1.46. The number of nitrogens with one attached hydrogen (secondary N) is 1. The molecule has 0 spiro atoms. The molecule has 0 saturated heterocycles. The van der Waals surface area contributed by atoms with Crippen LogP contribution in [0.4, 0.5) is 5.69 Å². The Morgan fingerprint density at radius 1 is 1.30 bits per heavy atom. The molecule has 8 nitrogen and oxygen atoms in total. The van der Waals surface area contributed by atoms with Crippen LogP contribution in [-0.4, -0.2) is 37.1 Å². The smallest absolute Gasteiger partial charge is 0.328 e. The number of nitrogens with zero attached hydrogens (tertiary/aromatic N) is 1. The van der Waals surface area contributed by atoms with Crippen molar-refractivity contribution < 1.29 is 24.0 Å². The third-order valence-corrected chi connectivity index (χ3v) is 3.23. The van der Waals surface area contributed by atoms with Crippen molar-refractivity contribution in [3.63, 3.8) is 0 Å². The maximum absolute atomic E-state index is 11.9. The first-order chi connectivity index (χ1) is 10.8. The van der Waals surface area contributed by atoms with Crippen LogP contribution in [-0.2, 0) is 20.7 Å². The largest absolute Gasteiger partial charge is 0.496 e. The number of carbonyl (C=O) groups excluding carboxylic acids is 2. The number of esters is 1. The molecule has 0 radical (unpaired) electrons. The Kier molecular flexibility index (Phi) is 6.49. The Balaban J connectivity index is 3.11. The Hall–Kier alpha value is -2.64. The average molecular weight is 324 g/mol. The maximum Gasteiger partial charge on any atom is 0.328 e. The van der Waals surface area contributed by atoms with Gasteiger partial charge in [0.25, 0.3) is 5.69 Å². The van der Waals surface area contributed by atoms with Crippen LogP contribution in [0.5, 0.6) is 5.75 Å². The van der Waals surface area contributed by atoms with Crippen molar-refractivity contribution in [3.8, 4) is 5.75 Å². The number of nitro benzene ring substituents is 1. The second kappa shape index (κ2) is 8.11. The van der Waals surface area contributed by atoms with Gasteiger partial charge in [-0.05, 0) is 6.07 Å². The van der Waals surface area contributed by atoms with Crippen LogP contribution >= 0.6 is 0 Å². The molecule has 0 saturated carbocycles. The third-order valence-electron chi connectivity index (χ3n) is 3.23. The minimum atomic E-state index is -0.953. The summed E-state index contributed by atoms with van der Waals surface area (Å²) in [6.45, 7) is 3.38. The van der Waals surface area contributed by atoms with Crippen LogP contribution in [0.1, 0.15) is 19.4 Å². The van der Waals surface area contributed by atoms with E-state index in [2.05, 4.69) is 10.1 Å². The van der Waals surface area contributed by atoms with Crippen LogP contribution in [0.2, 0.25) is 0 Å².